The first-order valence-corrected chi connectivity index (χ1v) is 11.7. The number of amidine groups is 1. The smallest absolute Gasteiger partial charge is 0.343 e. The molecule has 0 saturated heterocycles. The van der Waals surface area contributed by atoms with Crippen molar-refractivity contribution in [2.24, 2.45) is 5.73 Å². The summed E-state index contributed by atoms with van der Waals surface area (Å²) in [6.07, 6.45) is 5.58. The zero-order valence-corrected chi connectivity index (χ0v) is 20.1. The summed E-state index contributed by atoms with van der Waals surface area (Å²) in [5.41, 5.74) is 7.58. The molecule has 2 aromatic carbocycles. The molecule has 0 atom stereocenters. The monoisotopic (exact) mass is 477 g/mol. The van der Waals surface area contributed by atoms with Crippen molar-refractivity contribution in [3.05, 3.63) is 70.8 Å². The van der Waals surface area contributed by atoms with Gasteiger partial charge in [-0.1, -0.05) is 25.0 Å². The van der Waals surface area contributed by atoms with Gasteiger partial charge in [-0.2, -0.15) is 0 Å². The van der Waals surface area contributed by atoms with Crippen LogP contribution in [-0.4, -0.2) is 47.8 Å². The Bertz CT molecular complexity index is 1100. The summed E-state index contributed by atoms with van der Waals surface area (Å²) in [6.45, 7) is 3.69. The number of amides is 1. The second kappa shape index (κ2) is 12.0. The van der Waals surface area contributed by atoms with Crippen molar-refractivity contribution in [1.82, 2.24) is 4.90 Å². The van der Waals surface area contributed by atoms with Gasteiger partial charge in [-0.25, -0.2) is 4.79 Å². The van der Waals surface area contributed by atoms with Crippen LogP contribution in [0.2, 0.25) is 0 Å². The normalized spacial score (nSPS) is 13.8. The lowest BCUT2D eigenvalue weighted by Gasteiger charge is -2.28. The highest BCUT2D eigenvalue weighted by Gasteiger charge is 2.29. The van der Waals surface area contributed by atoms with Crippen LogP contribution in [0.25, 0.3) is 6.08 Å². The first-order chi connectivity index (χ1) is 16.8. The number of nitrogens with two attached hydrogens (primary N) is 1. The summed E-state index contributed by atoms with van der Waals surface area (Å²) in [7, 11) is 0. The molecule has 8 nitrogen and oxygen atoms in total. The Kier molecular flexibility index (Phi) is 8.78. The van der Waals surface area contributed by atoms with Crippen molar-refractivity contribution < 1.29 is 23.9 Å². The van der Waals surface area contributed by atoms with Gasteiger partial charge in [-0.3, -0.25) is 15.0 Å². The van der Waals surface area contributed by atoms with Crippen LogP contribution in [0.3, 0.4) is 0 Å². The highest BCUT2D eigenvalue weighted by atomic mass is 16.5. The number of benzene rings is 2. The first kappa shape index (κ1) is 25.7. The van der Waals surface area contributed by atoms with Crippen LogP contribution in [0.4, 0.5) is 0 Å². The van der Waals surface area contributed by atoms with E-state index in [9.17, 15) is 14.4 Å². The fraction of sp³-hybridized carbons (Fsp3) is 0.333. The van der Waals surface area contributed by atoms with Crippen LogP contribution in [0.5, 0.6) is 5.75 Å². The molecule has 3 rings (SSSR count). The highest BCUT2D eigenvalue weighted by Crippen LogP contribution is 2.25. The molecule has 1 amide bonds. The van der Waals surface area contributed by atoms with Crippen molar-refractivity contribution in [3.63, 3.8) is 0 Å². The standard InChI is InChI=1S/C27H31N3O5/c1-3-34-24(31)17-30(22-6-4-5-7-22)26(32)18(2)16-19-8-10-21(11-9-19)27(33)35-23-14-12-20(13-15-23)25(28)29/h8-16,22H,3-7,17H2,1-2H3,(H3,28,29)/b18-16+. The highest BCUT2D eigenvalue weighted by molar-refractivity contribution is 5.99. The van der Waals surface area contributed by atoms with E-state index in [4.69, 9.17) is 20.6 Å². The Morgan fingerprint density at radius 1 is 1.03 bits per heavy atom. The third-order valence-electron chi connectivity index (χ3n) is 5.87. The molecule has 1 aliphatic rings. The van der Waals surface area contributed by atoms with Crippen LogP contribution < -0.4 is 10.5 Å². The Morgan fingerprint density at radius 3 is 2.20 bits per heavy atom. The molecule has 0 aromatic heterocycles. The van der Waals surface area contributed by atoms with Crippen molar-refractivity contribution in [2.45, 2.75) is 45.6 Å². The van der Waals surface area contributed by atoms with E-state index in [-0.39, 0.29) is 30.9 Å². The fourth-order valence-electron chi connectivity index (χ4n) is 4.05. The summed E-state index contributed by atoms with van der Waals surface area (Å²) in [5, 5.41) is 7.41. The van der Waals surface area contributed by atoms with Crippen molar-refractivity contribution in [3.8, 4) is 5.75 Å². The lowest BCUT2D eigenvalue weighted by atomic mass is 10.1. The Morgan fingerprint density at radius 2 is 1.63 bits per heavy atom. The number of carbonyl (C=O) groups is 3. The number of nitrogens with one attached hydrogen (secondary N) is 1. The average molecular weight is 478 g/mol. The largest absolute Gasteiger partial charge is 0.465 e. The molecular weight excluding hydrogens is 446 g/mol. The van der Waals surface area contributed by atoms with Gasteiger partial charge in [0.2, 0.25) is 5.91 Å². The second-order valence-electron chi connectivity index (χ2n) is 8.45. The van der Waals surface area contributed by atoms with Crippen LogP contribution in [0.15, 0.2) is 54.1 Å². The van der Waals surface area contributed by atoms with Crippen molar-refractivity contribution in [2.75, 3.05) is 13.2 Å². The van der Waals surface area contributed by atoms with Crippen LogP contribution in [0, 0.1) is 5.41 Å². The molecule has 3 N–H and O–H groups in total. The molecule has 1 saturated carbocycles. The van der Waals surface area contributed by atoms with Gasteiger partial charge >= 0.3 is 11.9 Å². The zero-order chi connectivity index (χ0) is 25.4. The molecule has 0 unspecified atom stereocenters. The molecule has 2 aromatic rings. The molecule has 1 fully saturated rings. The number of carbonyl (C=O) groups excluding carboxylic acids is 3. The summed E-state index contributed by atoms with van der Waals surface area (Å²) >= 11 is 0. The summed E-state index contributed by atoms with van der Waals surface area (Å²) < 4.78 is 10.4. The first-order valence-electron chi connectivity index (χ1n) is 11.7. The Labute approximate surface area is 205 Å². The lowest BCUT2D eigenvalue weighted by molar-refractivity contribution is -0.149. The molecule has 0 aliphatic heterocycles. The summed E-state index contributed by atoms with van der Waals surface area (Å²) in [5.74, 6) is -0.834. The van der Waals surface area contributed by atoms with E-state index < -0.39 is 11.9 Å². The molecule has 0 radical (unpaired) electrons. The minimum Gasteiger partial charge on any atom is -0.465 e. The quantitative estimate of drug-likeness (QED) is 0.185. The van der Waals surface area contributed by atoms with Gasteiger partial charge in [-0.05, 0) is 74.7 Å². The third kappa shape index (κ3) is 7.02. The molecule has 1 aliphatic carbocycles. The summed E-state index contributed by atoms with van der Waals surface area (Å²) in [6, 6.07) is 13.1. The van der Waals surface area contributed by atoms with E-state index in [0.717, 1.165) is 31.2 Å². The van der Waals surface area contributed by atoms with Gasteiger partial charge in [0, 0.05) is 17.2 Å². The van der Waals surface area contributed by atoms with Crippen molar-refractivity contribution >= 4 is 29.8 Å². The fourth-order valence-corrected chi connectivity index (χ4v) is 4.05. The lowest BCUT2D eigenvalue weighted by Crippen LogP contribution is -2.43. The molecule has 8 heteroatoms. The topological polar surface area (TPSA) is 123 Å². The number of ether oxygens (including phenoxy) is 2. The molecule has 0 bridgehead atoms. The number of nitrogen functional groups attached to an aromatic ring is 1. The molecule has 0 spiro atoms. The predicted molar refractivity (Wildman–Crippen MR) is 133 cm³/mol. The predicted octanol–water partition coefficient (Wildman–Crippen LogP) is 3.93. The van der Waals surface area contributed by atoms with E-state index in [1.54, 1.807) is 73.4 Å². The second-order valence-corrected chi connectivity index (χ2v) is 8.45. The maximum Gasteiger partial charge on any atom is 0.343 e. The average Bonchev–Trinajstić information content (AvgIpc) is 3.38. The molecule has 35 heavy (non-hydrogen) atoms. The van der Waals surface area contributed by atoms with Gasteiger partial charge < -0.3 is 20.1 Å². The number of nitrogens with zero attached hydrogens (tertiary/aromatic N) is 1. The van der Waals surface area contributed by atoms with Crippen molar-refractivity contribution in [1.29, 1.82) is 5.41 Å². The summed E-state index contributed by atoms with van der Waals surface area (Å²) in [4.78, 5) is 39.3. The number of rotatable bonds is 9. The number of esters is 2. The van der Waals surface area contributed by atoms with E-state index in [0.29, 0.717) is 22.4 Å². The molecular formula is C27H31N3O5. The van der Waals surface area contributed by atoms with Gasteiger partial charge in [0.15, 0.2) is 0 Å². The van der Waals surface area contributed by atoms with E-state index >= 15 is 0 Å². The third-order valence-corrected chi connectivity index (χ3v) is 5.87. The van der Waals surface area contributed by atoms with Crippen LogP contribution in [0.1, 0.15) is 61.0 Å². The van der Waals surface area contributed by atoms with Gasteiger partial charge in [0.1, 0.15) is 18.1 Å². The SMILES string of the molecule is CCOC(=O)CN(C(=O)/C(C)=C/c1ccc(C(=O)Oc2ccc(C(=N)N)cc2)cc1)C1CCCC1. The van der Waals surface area contributed by atoms with E-state index in [2.05, 4.69) is 0 Å². The van der Waals surface area contributed by atoms with E-state index in [1.165, 1.54) is 0 Å². The maximum atomic E-state index is 13.2. The number of hydrogen-bond donors (Lipinski definition) is 2. The van der Waals surface area contributed by atoms with Gasteiger partial charge in [-0.15, -0.1) is 0 Å². The minimum absolute atomic E-state index is 0.0388. The molecule has 0 heterocycles. The zero-order valence-electron chi connectivity index (χ0n) is 20.1. The Hall–Kier alpha value is -3.94. The Balaban J connectivity index is 1.67. The van der Waals surface area contributed by atoms with Crippen LogP contribution >= 0.6 is 0 Å². The van der Waals surface area contributed by atoms with E-state index in [1.807, 2.05) is 0 Å². The minimum atomic E-state index is -0.522. The van der Waals surface area contributed by atoms with Gasteiger partial charge in [0.05, 0.1) is 12.2 Å². The number of hydrogen-bond acceptors (Lipinski definition) is 6. The maximum absolute atomic E-state index is 13.2. The van der Waals surface area contributed by atoms with Gasteiger partial charge in [0.25, 0.3) is 0 Å². The molecule has 184 valence electrons. The van der Waals surface area contributed by atoms with Crippen LogP contribution in [-0.2, 0) is 14.3 Å².